The number of halogens is 3. The van der Waals surface area contributed by atoms with E-state index in [1.165, 1.54) is 5.56 Å². The van der Waals surface area contributed by atoms with Crippen molar-refractivity contribution in [3.8, 4) is 0 Å². The first kappa shape index (κ1) is 12.5. The minimum absolute atomic E-state index is 0.790. The predicted octanol–water partition coefficient (Wildman–Crippen LogP) is 4.88. The fourth-order valence-corrected chi connectivity index (χ4v) is 3.03. The molecule has 0 bridgehead atoms. The van der Waals surface area contributed by atoms with Crippen LogP contribution in [0.15, 0.2) is 26.1 Å². The summed E-state index contributed by atoms with van der Waals surface area (Å²) >= 11 is 14.9. The first-order valence-electron chi connectivity index (χ1n) is 3.80. The van der Waals surface area contributed by atoms with E-state index in [1.807, 2.05) is 12.1 Å². The zero-order valence-corrected chi connectivity index (χ0v) is 12.6. The summed E-state index contributed by atoms with van der Waals surface area (Å²) in [4.78, 5) is 3.97. The van der Waals surface area contributed by atoms with Crippen LogP contribution < -0.4 is 0 Å². The van der Waals surface area contributed by atoms with Crippen molar-refractivity contribution in [3.05, 3.63) is 26.6 Å². The van der Waals surface area contributed by atoms with E-state index < -0.39 is 0 Å². The first-order valence-corrected chi connectivity index (χ1v) is 6.92. The summed E-state index contributed by atoms with van der Waals surface area (Å²) in [5, 5.41) is 3.30. The molecule has 0 aromatic heterocycles. The van der Waals surface area contributed by atoms with Crippen molar-refractivity contribution in [2.24, 2.45) is 4.99 Å². The number of isothiocyanates is 1. The van der Waals surface area contributed by atoms with E-state index in [9.17, 15) is 0 Å². The van der Waals surface area contributed by atoms with Crippen molar-refractivity contribution in [2.45, 2.75) is 6.42 Å². The zero-order valence-electron chi connectivity index (χ0n) is 7.06. The highest BCUT2D eigenvalue weighted by Gasteiger charge is 2.05. The molecule has 0 unspecified atom stereocenters. The number of aryl methyl sites for hydroxylation is 1. The monoisotopic (exact) mass is 397 g/mol. The molecule has 1 aromatic rings. The van der Waals surface area contributed by atoms with Gasteiger partial charge in [0.2, 0.25) is 0 Å². The van der Waals surface area contributed by atoms with Gasteiger partial charge in [0, 0.05) is 14.3 Å². The topological polar surface area (TPSA) is 12.4 Å². The molecule has 5 heteroatoms. The number of rotatable bonds is 3. The van der Waals surface area contributed by atoms with Crippen molar-refractivity contribution in [1.82, 2.24) is 0 Å². The average Bonchev–Trinajstić information content (AvgIpc) is 2.12. The molecule has 0 aliphatic carbocycles. The van der Waals surface area contributed by atoms with Gasteiger partial charge in [0.25, 0.3) is 0 Å². The van der Waals surface area contributed by atoms with Gasteiger partial charge in [-0.25, -0.2) is 0 Å². The highest BCUT2D eigenvalue weighted by Crippen LogP contribution is 2.34. The Bertz CT molecular complexity index is 363. The van der Waals surface area contributed by atoms with E-state index in [1.54, 1.807) is 0 Å². The van der Waals surface area contributed by atoms with Gasteiger partial charge in [0.05, 0.1) is 5.16 Å². The third kappa shape index (κ3) is 3.24. The highest BCUT2D eigenvalue weighted by molar-refractivity contribution is 9.11. The molecule has 0 aliphatic rings. The Morgan fingerprint density at radius 1 is 1.29 bits per heavy atom. The summed E-state index contributed by atoms with van der Waals surface area (Å²) in [5.74, 6) is 0. The minimum atomic E-state index is 0.790. The highest BCUT2D eigenvalue weighted by atomic mass is 79.9. The molecule has 1 aromatic carbocycles. The van der Waals surface area contributed by atoms with Gasteiger partial charge in [-0.05, 0) is 68.2 Å². The molecule has 0 saturated carbocycles. The van der Waals surface area contributed by atoms with Gasteiger partial charge < -0.3 is 0 Å². The van der Waals surface area contributed by atoms with Gasteiger partial charge in [-0.15, -0.1) is 0 Å². The lowest BCUT2D eigenvalue weighted by Crippen LogP contribution is -1.86. The van der Waals surface area contributed by atoms with Gasteiger partial charge in [0.15, 0.2) is 0 Å². The van der Waals surface area contributed by atoms with Crippen molar-refractivity contribution < 1.29 is 0 Å². The Kier molecular flexibility index (Phi) is 5.49. The smallest absolute Gasteiger partial charge is 0.102 e. The summed E-state index contributed by atoms with van der Waals surface area (Å²) < 4.78 is 1.86. The molecule has 74 valence electrons. The van der Waals surface area contributed by atoms with E-state index >= 15 is 0 Å². The largest absolute Gasteiger partial charge is 0.192 e. The maximum atomic E-state index is 4.57. The van der Waals surface area contributed by atoms with Gasteiger partial charge in [-0.2, -0.15) is 4.99 Å². The van der Waals surface area contributed by atoms with Crippen molar-refractivity contribution in [1.29, 1.82) is 0 Å². The van der Waals surface area contributed by atoms with Crippen LogP contribution in [0, 0.1) is 0 Å². The number of thiocarbonyl (C=S) groups is 1. The summed E-state index contributed by atoms with van der Waals surface area (Å²) in [6.45, 7) is 0. The predicted molar refractivity (Wildman–Crippen MR) is 74.0 cm³/mol. The van der Waals surface area contributed by atoms with Crippen LogP contribution in [0.4, 0.5) is 5.69 Å². The van der Waals surface area contributed by atoms with Crippen molar-refractivity contribution >= 4 is 70.9 Å². The van der Waals surface area contributed by atoms with Crippen LogP contribution in [0.5, 0.6) is 0 Å². The van der Waals surface area contributed by atoms with Crippen LogP contribution in [-0.2, 0) is 6.42 Å². The molecule has 1 nitrogen and oxygen atoms in total. The van der Waals surface area contributed by atoms with E-state index in [0.717, 1.165) is 26.4 Å². The number of nitrogens with zero attached hydrogens (tertiary/aromatic N) is 1. The maximum Gasteiger partial charge on any atom is 0.102 e. The second-order valence-electron chi connectivity index (χ2n) is 2.55. The maximum absolute atomic E-state index is 4.57. The first-order chi connectivity index (χ1) is 6.69. The zero-order chi connectivity index (χ0) is 10.6. The number of alkyl halides is 1. The SMILES string of the molecule is S=C=Nc1c(Br)cc(CCBr)cc1Br. The van der Waals surface area contributed by atoms with E-state index in [-0.39, 0.29) is 0 Å². The molecule has 0 saturated heterocycles. The Balaban J connectivity index is 3.17. The quantitative estimate of drug-likeness (QED) is 0.400. The standard InChI is InChI=1S/C9H6Br3NS/c10-2-1-6-3-7(11)9(13-5-14)8(12)4-6/h3-4H,1-2H2. The van der Waals surface area contributed by atoms with Crippen LogP contribution in [0.2, 0.25) is 0 Å². The van der Waals surface area contributed by atoms with E-state index in [4.69, 9.17) is 0 Å². The molecular formula is C9H6Br3NS. The summed E-state index contributed by atoms with van der Waals surface area (Å²) in [5.41, 5.74) is 2.03. The molecule has 1 rings (SSSR count). The molecule has 0 amide bonds. The fraction of sp³-hybridized carbons (Fsp3) is 0.222. The minimum Gasteiger partial charge on any atom is -0.192 e. The Morgan fingerprint density at radius 2 is 1.86 bits per heavy atom. The Morgan fingerprint density at radius 3 is 2.29 bits per heavy atom. The third-order valence-corrected chi connectivity index (χ3v) is 3.31. The lowest BCUT2D eigenvalue weighted by Gasteiger charge is -2.04. The molecule has 0 fully saturated rings. The second kappa shape index (κ2) is 6.13. The third-order valence-electron chi connectivity index (χ3n) is 1.62. The Labute approximate surface area is 113 Å². The molecular weight excluding hydrogens is 394 g/mol. The lowest BCUT2D eigenvalue weighted by molar-refractivity contribution is 1.16. The molecule has 0 radical (unpaired) electrons. The van der Waals surface area contributed by atoms with E-state index in [0.29, 0.717) is 0 Å². The number of benzene rings is 1. The van der Waals surface area contributed by atoms with Gasteiger partial charge in [-0.3, -0.25) is 0 Å². The number of hydrogen-bond donors (Lipinski definition) is 0. The van der Waals surface area contributed by atoms with Gasteiger partial charge in [0.1, 0.15) is 5.69 Å². The van der Waals surface area contributed by atoms with E-state index in [2.05, 4.69) is 70.2 Å². The van der Waals surface area contributed by atoms with Crippen LogP contribution in [-0.4, -0.2) is 10.5 Å². The summed E-state index contributed by atoms with van der Waals surface area (Å²) in [6.07, 6.45) is 0.985. The molecule has 0 atom stereocenters. The molecule has 0 heterocycles. The normalized spacial score (nSPS) is 9.64. The van der Waals surface area contributed by atoms with Crippen LogP contribution in [0.25, 0.3) is 0 Å². The average molecular weight is 400 g/mol. The molecule has 0 aliphatic heterocycles. The van der Waals surface area contributed by atoms with Crippen LogP contribution in [0.3, 0.4) is 0 Å². The van der Waals surface area contributed by atoms with Crippen molar-refractivity contribution in [3.63, 3.8) is 0 Å². The summed E-state index contributed by atoms with van der Waals surface area (Å²) in [6, 6.07) is 4.08. The van der Waals surface area contributed by atoms with Gasteiger partial charge in [-0.1, -0.05) is 15.9 Å². The van der Waals surface area contributed by atoms with Gasteiger partial charge >= 0.3 is 0 Å². The van der Waals surface area contributed by atoms with Crippen LogP contribution >= 0.6 is 60.0 Å². The van der Waals surface area contributed by atoms with Crippen LogP contribution in [0.1, 0.15) is 5.56 Å². The number of aliphatic imine (C=N–C) groups is 1. The molecule has 14 heavy (non-hydrogen) atoms. The number of hydrogen-bond acceptors (Lipinski definition) is 2. The Hall–Kier alpha value is 0.460. The lowest BCUT2D eigenvalue weighted by atomic mass is 10.1. The molecule has 0 spiro atoms. The second-order valence-corrected chi connectivity index (χ2v) is 5.23. The molecule has 0 N–H and O–H groups in total. The van der Waals surface area contributed by atoms with Crippen molar-refractivity contribution in [2.75, 3.05) is 5.33 Å². The summed E-state index contributed by atoms with van der Waals surface area (Å²) in [7, 11) is 0. The fourth-order valence-electron chi connectivity index (χ4n) is 1.02.